The van der Waals surface area contributed by atoms with Gasteiger partial charge in [0.05, 0.1) is 14.2 Å². The number of aryl methyl sites for hydroxylation is 1. The normalized spacial score (nSPS) is 10.6. The summed E-state index contributed by atoms with van der Waals surface area (Å²) in [6, 6.07) is 3.92. The molecule has 2 rings (SSSR count). The highest BCUT2D eigenvalue weighted by atomic mass is 16.5. The second kappa shape index (κ2) is 8.53. The van der Waals surface area contributed by atoms with Crippen molar-refractivity contribution in [2.75, 3.05) is 14.2 Å². The molecule has 0 atom stereocenters. The molecule has 0 saturated heterocycles. The molecule has 1 aromatic carbocycles. The zero-order valence-electron chi connectivity index (χ0n) is 15.7. The van der Waals surface area contributed by atoms with Gasteiger partial charge in [-0.15, -0.1) is 6.58 Å². The molecule has 7 nitrogen and oxygen atoms in total. The lowest BCUT2D eigenvalue weighted by Gasteiger charge is -2.15. The first kappa shape index (κ1) is 19.5. The van der Waals surface area contributed by atoms with Crippen LogP contribution in [0.3, 0.4) is 0 Å². The van der Waals surface area contributed by atoms with Crippen molar-refractivity contribution in [1.82, 2.24) is 14.5 Å². The van der Waals surface area contributed by atoms with Crippen LogP contribution in [0.25, 0.3) is 0 Å². The number of hydrogen-bond donors (Lipinski definition) is 1. The van der Waals surface area contributed by atoms with Gasteiger partial charge in [-0.05, 0) is 18.1 Å². The van der Waals surface area contributed by atoms with Gasteiger partial charge in [0.25, 0.3) is 5.56 Å². The Morgan fingerprint density at radius 2 is 1.85 bits per heavy atom. The predicted molar refractivity (Wildman–Crippen MR) is 101 cm³/mol. The van der Waals surface area contributed by atoms with Crippen molar-refractivity contribution < 1.29 is 9.47 Å². The highest BCUT2D eigenvalue weighted by Crippen LogP contribution is 2.33. The van der Waals surface area contributed by atoms with E-state index >= 15 is 0 Å². The second-order valence-corrected chi connectivity index (χ2v) is 6.00. The topological polar surface area (TPSA) is 74.5 Å². The van der Waals surface area contributed by atoms with Gasteiger partial charge in [0.1, 0.15) is 0 Å². The fourth-order valence-corrected chi connectivity index (χ4v) is 2.86. The number of nitrogens with zero attached hydrogens (tertiary/aromatic N) is 2. The Morgan fingerprint density at radius 1 is 1.12 bits per heavy atom. The molecular weight excluding hydrogens is 334 g/mol. The maximum absolute atomic E-state index is 12.2. The van der Waals surface area contributed by atoms with E-state index in [0.29, 0.717) is 36.6 Å². The Kier molecular flexibility index (Phi) is 6.41. The predicted octanol–water partition coefficient (Wildman–Crippen LogP) is 1.12. The second-order valence-electron chi connectivity index (χ2n) is 6.00. The number of benzene rings is 1. The van der Waals surface area contributed by atoms with Gasteiger partial charge in [-0.3, -0.25) is 9.36 Å². The molecule has 0 saturated carbocycles. The van der Waals surface area contributed by atoms with Gasteiger partial charge < -0.3 is 19.4 Å². The summed E-state index contributed by atoms with van der Waals surface area (Å²) in [6.07, 6.45) is 4.03. The SMILES string of the molecule is C=CCc1cc(CNCc2cn(C)c(=O)n(C)c2=O)cc(OC)c1OC. The highest BCUT2D eigenvalue weighted by Gasteiger charge is 2.12. The van der Waals surface area contributed by atoms with Gasteiger partial charge in [0, 0.05) is 44.5 Å². The fourth-order valence-electron chi connectivity index (χ4n) is 2.86. The van der Waals surface area contributed by atoms with Crippen LogP contribution in [-0.4, -0.2) is 23.4 Å². The molecule has 0 fully saturated rings. The van der Waals surface area contributed by atoms with E-state index in [-0.39, 0.29) is 11.2 Å². The van der Waals surface area contributed by atoms with Crippen molar-refractivity contribution in [2.24, 2.45) is 14.1 Å². The van der Waals surface area contributed by atoms with Gasteiger partial charge in [-0.25, -0.2) is 4.79 Å². The van der Waals surface area contributed by atoms with E-state index < -0.39 is 0 Å². The van der Waals surface area contributed by atoms with Crippen molar-refractivity contribution in [3.63, 3.8) is 0 Å². The minimum Gasteiger partial charge on any atom is -0.493 e. The van der Waals surface area contributed by atoms with E-state index in [9.17, 15) is 9.59 Å². The third-order valence-corrected chi connectivity index (χ3v) is 4.14. The molecular formula is C19H25N3O4. The molecule has 0 bridgehead atoms. The first-order chi connectivity index (χ1) is 12.4. The Balaban J connectivity index is 2.20. The minimum atomic E-state index is -0.340. The number of aromatic nitrogens is 2. The molecule has 0 aliphatic carbocycles. The standard InChI is InChI=1S/C19H25N3O4/c1-6-7-14-8-13(9-16(25-4)17(14)26-5)10-20-11-15-12-21(2)19(24)22(3)18(15)23/h6,8-9,12,20H,1,7,10-11H2,2-5H3. The van der Waals surface area contributed by atoms with Gasteiger partial charge in [0.15, 0.2) is 11.5 Å². The van der Waals surface area contributed by atoms with Crippen LogP contribution in [-0.2, 0) is 33.6 Å². The van der Waals surface area contributed by atoms with Crippen LogP contribution in [0.4, 0.5) is 0 Å². The molecule has 0 radical (unpaired) electrons. The molecule has 0 aliphatic heterocycles. The average Bonchev–Trinajstić information content (AvgIpc) is 2.64. The smallest absolute Gasteiger partial charge is 0.330 e. The van der Waals surface area contributed by atoms with Crippen molar-refractivity contribution in [3.05, 3.63) is 68.5 Å². The van der Waals surface area contributed by atoms with E-state index in [1.165, 1.54) is 11.6 Å². The molecule has 1 aromatic heterocycles. The summed E-state index contributed by atoms with van der Waals surface area (Å²) in [5.41, 5.74) is 1.88. The lowest BCUT2D eigenvalue weighted by Crippen LogP contribution is -2.39. The lowest BCUT2D eigenvalue weighted by atomic mass is 10.1. The molecule has 140 valence electrons. The molecule has 1 N–H and O–H groups in total. The minimum absolute atomic E-state index is 0.291. The third kappa shape index (κ3) is 4.05. The molecule has 26 heavy (non-hydrogen) atoms. The van der Waals surface area contributed by atoms with Crippen LogP contribution in [0.15, 0.2) is 40.6 Å². The van der Waals surface area contributed by atoms with Gasteiger partial charge >= 0.3 is 5.69 Å². The summed E-state index contributed by atoms with van der Waals surface area (Å²) in [7, 11) is 6.31. The molecule has 2 aromatic rings. The summed E-state index contributed by atoms with van der Waals surface area (Å²) in [6.45, 7) is 4.67. The Bertz CT molecular complexity index is 912. The zero-order valence-corrected chi connectivity index (χ0v) is 15.7. The summed E-state index contributed by atoms with van der Waals surface area (Å²) in [4.78, 5) is 23.9. The number of nitrogens with one attached hydrogen (secondary N) is 1. The summed E-state index contributed by atoms with van der Waals surface area (Å²) < 4.78 is 13.4. The van der Waals surface area contributed by atoms with E-state index in [4.69, 9.17) is 9.47 Å². The molecule has 0 unspecified atom stereocenters. The number of hydrogen-bond acceptors (Lipinski definition) is 5. The van der Waals surface area contributed by atoms with E-state index in [1.807, 2.05) is 18.2 Å². The van der Waals surface area contributed by atoms with Gasteiger partial charge in [0.2, 0.25) is 0 Å². The van der Waals surface area contributed by atoms with Crippen molar-refractivity contribution >= 4 is 0 Å². The molecule has 0 aliphatic rings. The highest BCUT2D eigenvalue weighted by molar-refractivity contribution is 5.50. The van der Waals surface area contributed by atoms with Crippen LogP contribution in [0.5, 0.6) is 11.5 Å². The number of allylic oxidation sites excluding steroid dienone is 1. The van der Waals surface area contributed by atoms with Crippen molar-refractivity contribution in [2.45, 2.75) is 19.5 Å². The van der Waals surface area contributed by atoms with E-state index in [0.717, 1.165) is 15.7 Å². The zero-order chi connectivity index (χ0) is 19.3. The summed E-state index contributed by atoms with van der Waals surface area (Å²) in [5, 5.41) is 3.24. The van der Waals surface area contributed by atoms with Crippen molar-refractivity contribution in [3.8, 4) is 11.5 Å². The lowest BCUT2D eigenvalue weighted by molar-refractivity contribution is 0.351. The largest absolute Gasteiger partial charge is 0.493 e. The Hall–Kier alpha value is -2.80. The van der Waals surface area contributed by atoms with Crippen LogP contribution >= 0.6 is 0 Å². The number of rotatable bonds is 8. The molecule has 1 heterocycles. The summed E-state index contributed by atoms with van der Waals surface area (Å²) in [5.74, 6) is 1.35. The van der Waals surface area contributed by atoms with Crippen LogP contribution in [0.2, 0.25) is 0 Å². The summed E-state index contributed by atoms with van der Waals surface area (Å²) >= 11 is 0. The van der Waals surface area contributed by atoms with Crippen molar-refractivity contribution in [1.29, 1.82) is 0 Å². The molecule has 0 amide bonds. The van der Waals surface area contributed by atoms with Crippen LogP contribution in [0, 0.1) is 0 Å². The van der Waals surface area contributed by atoms with Gasteiger partial charge in [-0.2, -0.15) is 0 Å². The third-order valence-electron chi connectivity index (χ3n) is 4.14. The Labute approximate surface area is 152 Å². The monoisotopic (exact) mass is 359 g/mol. The molecule has 0 spiro atoms. The number of ether oxygens (including phenoxy) is 2. The first-order valence-electron chi connectivity index (χ1n) is 8.23. The van der Waals surface area contributed by atoms with E-state index in [1.54, 1.807) is 27.5 Å². The van der Waals surface area contributed by atoms with Crippen LogP contribution < -0.4 is 26.0 Å². The van der Waals surface area contributed by atoms with Crippen LogP contribution in [0.1, 0.15) is 16.7 Å². The van der Waals surface area contributed by atoms with E-state index in [2.05, 4.69) is 11.9 Å². The average molecular weight is 359 g/mol. The Morgan fingerprint density at radius 3 is 2.46 bits per heavy atom. The van der Waals surface area contributed by atoms with Gasteiger partial charge in [-0.1, -0.05) is 12.1 Å². The first-order valence-corrected chi connectivity index (χ1v) is 8.23. The fraction of sp³-hybridized carbons (Fsp3) is 0.368. The number of methoxy groups -OCH3 is 2. The maximum atomic E-state index is 12.2. The molecule has 7 heteroatoms. The maximum Gasteiger partial charge on any atom is 0.330 e. The quantitative estimate of drug-likeness (QED) is 0.715.